The van der Waals surface area contributed by atoms with Crippen LogP contribution in [-0.4, -0.2) is 4.98 Å². The molecule has 1 N–H and O–H groups in total. The summed E-state index contributed by atoms with van der Waals surface area (Å²) >= 11 is 6.03. The SMILES string of the molecule is Cc1ccc2nc(C)cc(Nc3cccc(Cl)c3)c2c1.[Cl-]. The lowest BCUT2D eigenvalue weighted by Gasteiger charge is -2.11. The fourth-order valence-electron chi connectivity index (χ4n) is 2.30. The van der Waals surface area contributed by atoms with E-state index in [1.807, 2.05) is 31.2 Å². The number of nitrogens with zero attached hydrogens (tertiary/aromatic N) is 1. The van der Waals surface area contributed by atoms with Crippen molar-refractivity contribution in [1.82, 2.24) is 4.98 Å². The highest BCUT2D eigenvalue weighted by atomic mass is 35.5. The Morgan fingerprint density at radius 1 is 1.00 bits per heavy atom. The van der Waals surface area contributed by atoms with Crippen LogP contribution in [0, 0.1) is 13.8 Å². The van der Waals surface area contributed by atoms with E-state index < -0.39 is 0 Å². The van der Waals surface area contributed by atoms with Gasteiger partial charge in [0.05, 0.1) is 5.52 Å². The fraction of sp³-hybridized carbons (Fsp3) is 0.118. The Morgan fingerprint density at radius 2 is 1.81 bits per heavy atom. The number of hydrogen-bond donors (Lipinski definition) is 1. The summed E-state index contributed by atoms with van der Waals surface area (Å²) in [7, 11) is 0. The summed E-state index contributed by atoms with van der Waals surface area (Å²) in [5.74, 6) is 0. The smallest absolute Gasteiger partial charge is 0.0726 e. The summed E-state index contributed by atoms with van der Waals surface area (Å²) in [5, 5.41) is 5.28. The summed E-state index contributed by atoms with van der Waals surface area (Å²) in [6.45, 7) is 4.09. The molecule has 0 aliphatic heterocycles. The van der Waals surface area contributed by atoms with Crippen LogP contribution >= 0.6 is 11.6 Å². The number of aryl methyl sites for hydroxylation is 2. The highest BCUT2D eigenvalue weighted by Crippen LogP contribution is 2.28. The fourth-order valence-corrected chi connectivity index (χ4v) is 2.49. The Kier molecular flexibility index (Phi) is 4.71. The Hall–Kier alpha value is -1.77. The molecule has 0 radical (unpaired) electrons. The van der Waals surface area contributed by atoms with E-state index >= 15 is 0 Å². The van der Waals surface area contributed by atoms with Crippen molar-refractivity contribution in [3.8, 4) is 0 Å². The highest BCUT2D eigenvalue weighted by Gasteiger charge is 2.05. The number of benzene rings is 2. The first-order valence-electron chi connectivity index (χ1n) is 6.52. The Balaban J connectivity index is 0.00000161. The normalized spacial score (nSPS) is 10.2. The lowest BCUT2D eigenvalue weighted by Crippen LogP contribution is -3.00. The van der Waals surface area contributed by atoms with Crippen LogP contribution in [0.5, 0.6) is 0 Å². The molecule has 3 rings (SSSR count). The molecule has 21 heavy (non-hydrogen) atoms. The van der Waals surface area contributed by atoms with Crippen LogP contribution in [0.3, 0.4) is 0 Å². The molecule has 0 amide bonds. The summed E-state index contributed by atoms with van der Waals surface area (Å²) < 4.78 is 0. The average Bonchev–Trinajstić information content (AvgIpc) is 2.39. The molecule has 108 valence electrons. The molecule has 3 aromatic rings. The Bertz CT molecular complexity index is 785. The van der Waals surface area contributed by atoms with Gasteiger partial charge in [0.15, 0.2) is 0 Å². The number of hydrogen-bond acceptors (Lipinski definition) is 2. The zero-order chi connectivity index (χ0) is 14.1. The zero-order valence-corrected chi connectivity index (χ0v) is 13.3. The third-order valence-electron chi connectivity index (χ3n) is 3.20. The van der Waals surface area contributed by atoms with Crippen LogP contribution in [0.2, 0.25) is 5.02 Å². The molecule has 2 aromatic carbocycles. The van der Waals surface area contributed by atoms with E-state index in [0.717, 1.165) is 33.0 Å². The van der Waals surface area contributed by atoms with Crippen LogP contribution in [-0.2, 0) is 0 Å². The highest BCUT2D eigenvalue weighted by molar-refractivity contribution is 6.30. The average molecular weight is 318 g/mol. The summed E-state index contributed by atoms with van der Waals surface area (Å²) in [6.07, 6.45) is 0. The lowest BCUT2D eigenvalue weighted by atomic mass is 10.1. The third-order valence-corrected chi connectivity index (χ3v) is 3.43. The Labute approximate surface area is 135 Å². The van der Waals surface area contributed by atoms with E-state index in [4.69, 9.17) is 11.6 Å². The summed E-state index contributed by atoms with van der Waals surface area (Å²) in [5.41, 5.74) is 5.24. The van der Waals surface area contributed by atoms with E-state index in [2.05, 4.69) is 41.5 Å². The molecule has 0 bridgehead atoms. The van der Waals surface area contributed by atoms with Gasteiger partial charge in [-0.15, -0.1) is 0 Å². The van der Waals surface area contributed by atoms with Crippen molar-refractivity contribution < 1.29 is 12.4 Å². The number of nitrogens with one attached hydrogen (secondary N) is 1. The first-order chi connectivity index (χ1) is 9.61. The number of aromatic nitrogens is 1. The lowest BCUT2D eigenvalue weighted by molar-refractivity contribution is -0.00000408. The van der Waals surface area contributed by atoms with Crippen molar-refractivity contribution in [1.29, 1.82) is 0 Å². The number of pyridine rings is 1. The van der Waals surface area contributed by atoms with Crippen molar-refractivity contribution in [3.05, 3.63) is 64.8 Å². The van der Waals surface area contributed by atoms with Gasteiger partial charge in [0, 0.05) is 27.5 Å². The minimum atomic E-state index is 0. The van der Waals surface area contributed by atoms with Gasteiger partial charge in [0.25, 0.3) is 0 Å². The van der Waals surface area contributed by atoms with Gasteiger partial charge < -0.3 is 17.7 Å². The van der Waals surface area contributed by atoms with Gasteiger partial charge in [-0.05, 0) is 50.2 Å². The van der Waals surface area contributed by atoms with Gasteiger partial charge in [-0.1, -0.05) is 29.3 Å². The minimum Gasteiger partial charge on any atom is -1.00 e. The molecule has 1 heterocycles. The van der Waals surface area contributed by atoms with Gasteiger partial charge in [-0.25, -0.2) is 0 Å². The van der Waals surface area contributed by atoms with E-state index in [1.165, 1.54) is 5.56 Å². The molecule has 1 aromatic heterocycles. The second-order valence-electron chi connectivity index (χ2n) is 4.97. The zero-order valence-electron chi connectivity index (χ0n) is 11.8. The van der Waals surface area contributed by atoms with E-state index in [-0.39, 0.29) is 12.4 Å². The Morgan fingerprint density at radius 3 is 2.57 bits per heavy atom. The topological polar surface area (TPSA) is 24.9 Å². The standard InChI is InChI=1S/C17H15ClN2.ClH/c1-11-6-7-16-15(8-11)17(9-12(2)19-16)20-14-5-3-4-13(18)10-14;/h3-10H,1-2H3,(H,19,20);1H/p-1. The molecule has 0 aliphatic rings. The molecule has 0 unspecified atom stereocenters. The van der Waals surface area contributed by atoms with Gasteiger partial charge in [0.2, 0.25) is 0 Å². The number of fused-ring (bicyclic) bond motifs is 1. The summed E-state index contributed by atoms with van der Waals surface area (Å²) in [6, 6.07) is 16.1. The molecule has 0 saturated carbocycles. The first kappa shape index (κ1) is 15.6. The molecule has 2 nitrogen and oxygen atoms in total. The quantitative estimate of drug-likeness (QED) is 0.784. The van der Waals surface area contributed by atoms with Gasteiger partial charge in [0.1, 0.15) is 0 Å². The minimum absolute atomic E-state index is 0. The van der Waals surface area contributed by atoms with E-state index in [0.29, 0.717) is 0 Å². The van der Waals surface area contributed by atoms with E-state index in [1.54, 1.807) is 0 Å². The van der Waals surface area contributed by atoms with Gasteiger partial charge >= 0.3 is 0 Å². The maximum Gasteiger partial charge on any atom is 0.0726 e. The van der Waals surface area contributed by atoms with Crippen molar-refractivity contribution in [3.63, 3.8) is 0 Å². The largest absolute Gasteiger partial charge is 1.00 e. The maximum absolute atomic E-state index is 6.03. The molecule has 4 heteroatoms. The van der Waals surface area contributed by atoms with Crippen molar-refractivity contribution in [2.24, 2.45) is 0 Å². The van der Waals surface area contributed by atoms with E-state index in [9.17, 15) is 0 Å². The molecular formula is C17H15Cl2N2-. The van der Waals surface area contributed by atoms with Crippen LogP contribution in [0.15, 0.2) is 48.5 Å². The monoisotopic (exact) mass is 317 g/mol. The second-order valence-corrected chi connectivity index (χ2v) is 5.40. The molecule has 0 fully saturated rings. The van der Waals surface area contributed by atoms with Crippen molar-refractivity contribution in [2.45, 2.75) is 13.8 Å². The second kappa shape index (κ2) is 6.33. The maximum atomic E-state index is 6.03. The van der Waals surface area contributed by atoms with Gasteiger partial charge in [-0.3, -0.25) is 4.98 Å². The molecule has 0 aliphatic carbocycles. The van der Waals surface area contributed by atoms with Crippen LogP contribution in [0.4, 0.5) is 11.4 Å². The molecule has 0 atom stereocenters. The number of rotatable bonds is 2. The molecule has 0 saturated heterocycles. The predicted molar refractivity (Wildman–Crippen MR) is 86.0 cm³/mol. The number of anilines is 2. The summed E-state index contributed by atoms with van der Waals surface area (Å²) in [4.78, 5) is 4.57. The first-order valence-corrected chi connectivity index (χ1v) is 6.90. The van der Waals surface area contributed by atoms with Crippen LogP contribution in [0.25, 0.3) is 10.9 Å². The van der Waals surface area contributed by atoms with Crippen LogP contribution in [0.1, 0.15) is 11.3 Å². The number of halogens is 2. The molecule has 0 spiro atoms. The van der Waals surface area contributed by atoms with Gasteiger partial charge in [-0.2, -0.15) is 0 Å². The van der Waals surface area contributed by atoms with Crippen LogP contribution < -0.4 is 17.7 Å². The predicted octanol–water partition coefficient (Wildman–Crippen LogP) is 2.25. The molecular weight excluding hydrogens is 303 g/mol. The van der Waals surface area contributed by atoms with Crippen molar-refractivity contribution in [2.75, 3.05) is 5.32 Å². The van der Waals surface area contributed by atoms with Crippen molar-refractivity contribution >= 4 is 33.9 Å². The third kappa shape index (κ3) is 3.46.